The van der Waals surface area contributed by atoms with Gasteiger partial charge in [0.1, 0.15) is 0 Å². The topological polar surface area (TPSA) is 33.5 Å². The zero-order valence-corrected chi connectivity index (χ0v) is 10.1. The molecule has 0 N–H and O–H groups in total. The average molecular weight is 250 g/mol. The number of carbonyl (C=O) groups excluding carboxylic acids is 1. The molecule has 1 amide bonds. The molecule has 1 aromatic carbocycles. The Hall–Kier alpha value is -1.74. The highest BCUT2D eigenvalue weighted by Gasteiger charge is 2.20. The van der Waals surface area contributed by atoms with Crippen molar-refractivity contribution in [3.05, 3.63) is 53.4 Å². The number of amides is 1. The molecule has 3 nitrogen and oxygen atoms in total. The largest absolute Gasteiger partial charge is 0.452 e. The maximum atomic E-state index is 12.2. The Morgan fingerprint density at radius 3 is 2.53 bits per heavy atom. The van der Waals surface area contributed by atoms with Crippen LogP contribution in [-0.2, 0) is 0 Å². The molecule has 1 heterocycles. The monoisotopic (exact) mass is 249 g/mol. The Morgan fingerprint density at radius 2 is 2.00 bits per heavy atom. The maximum absolute atomic E-state index is 12.2. The van der Waals surface area contributed by atoms with Gasteiger partial charge in [0.2, 0.25) is 5.22 Å². The minimum absolute atomic E-state index is 0.129. The molecule has 0 fully saturated rings. The lowest BCUT2D eigenvalue weighted by atomic mass is 10.2. The number of hydrogen-bond acceptors (Lipinski definition) is 2. The summed E-state index contributed by atoms with van der Waals surface area (Å²) in [6.07, 6.45) is 1.41. The van der Waals surface area contributed by atoms with Gasteiger partial charge < -0.3 is 9.32 Å². The Balaban J connectivity index is 2.32. The molecule has 88 valence electrons. The molecule has 1 aromatic heterocycles. The quantitative estimate of drug-likeness (QED) is 0.833. The molecule has 17 heavy (non-hydrogen) atoms. The van der Waals surface area contributed by atoms with Gasteiger partial charge in [-0.15, -0.1) is 0 Å². The smallest absolute Gasteiger partial charge is 0.263 e. The van der Waals surface area contributed by atoms with E-state index < -0.39 is 0 Å². The second-order valence-electron chi connectivity index (χ2n) is 3.49. The molecular formula is C13H12ClNO2. The van der Waals surface area contributed by atoms with E-state index in [9.17, 15) is 4.79 Å². The molecule has 0 aliphatic carbocycles. The first-order valence-electron chi connectivity index (χ1n) is 5.34. The van der Waals surface area contributed by atoms with E-state index in [1.165, 1.54) is 6.26 Å². The number of hydrogen-bond donors (Lipinski definition) is 0. The van der Waals surface area contributed by atoms with Gasteiger partial charge in [0.25, 0.3) is 5.91 Å². The molecule has 0 spiro atoms. The van der Waals surface area contributed by atoms with Crippen molar-refractivity contribution in [1.29, 1.82) is 0 Å². The number of carbonyl (C=O) groups is 1. The van der Waals surface area contributed by atoms with E-state index in [1.807, 2.05) is 37.3 Å². The third kappa shape index (κ3) is 2.34. The van der Waals surface area contributed by atoms with Crippen molar-refractivity contribution >= 4 is 23.2 Å². The number of nitrogens with zero attached hydrogens (tertiary/aromatic N) is 1. The van der Waals surface area contributed by atoms with Gasteiger partial charge >= 0.3 is 0 Å². The summed E-state index contributed by atoms with van der Waals surface area (Å²) in [7, 11) is 0. The highest BCUT2D eigenvalue weighted by molar-refractivity contribution is 6.32. The summed E-state index contributed by atoms with van der Waals surface area (Å²) in [6.45, 7) is 2.49. The molecule has 0 unspecified atom stereocenters. The SMILES string of the molecule is CCN(C(=O)c1ccoc1Cl)c1ccccc1. The zero-order valence-electron chi connectivity index (χ0n) is 9.39. The number of anilines is 1. The lowest BCUT2D eigenvalue weighted by Gasteiger charge is -2.20. The van der Waals surface area contributed by atoms with E-state index in [0.717, 1.165) is 5.69 Å². The van der Waals surface area contributed by atoms with Crippen molar-refractivity contribution in [3.63, 3.8) is 0 Å². The third-order valence-electron chi connectivity index (χ3n) is 2.48. The number of para-hydroxylation sites is 1. The molecular weight excluding hydrogens is 238 g/mol. The summed E-state index contributed by atoms with van der Waals surface area (Å²) >= 11 is 5.81. The van der Waals surface area contributed by atoms with E-state index >= 15 is 0 Å². The van der Waals surface area contributed by atoms with Crippen LogP contribution in [0.4, 0.5) is 5.69 Å². The van der Waals surface area contributed by atoms with Crippen LogP contribution >= 0.6 is 11.6 Å². The van der Waals surface area contributed by atoms with E-state index in [0.29, 0.717) is 12.1 Å². The van der Waals surface area contributed by atoms with Crippen LogP contribution in [0.3, 0.4) is 0 Å². The number of halogens is 1. The first kappa shape index (κ1) is 11.7. The van der Waals surface area contributed by atoms with Crippen molar-refractivity contribution in [1.82, 2.24) is 0 Å². The fourth-order valence-electron chi connectivity index (χ4n) is 1.64. The minimum atomic E-state index is -0.155. The molecule has 0 bridgehead atoms. The fourth-order valence-corrected chi connectivity index (χ4v) is 1.84. The molecule has 2 rings (SSSR count). The summed E-state index contributed by atoms with van der Waals surface area (Å²) < 4.78 is 4.93. The van der Waals surface area contributed by atoms with E-state index in [2.05, 4.69) is 0 Å². The van der Waals surface area contributed by atoms with Crippen LogP contribution < -0.4 is 4.90 Å². The Bertz CT molecular complexity index is 507. The van der Waals surface area contributed by atoms with Gasteiger partial charge in [-0.25, -0.2) is 0 Å². The standard InChI is InChI=1S/C13H12ClNO2/c1-2-15(10-6-4-3-5-7-10)13(16)11-8-9-17-12(11)14/h3-9H,2H2,1H3. The normalized spacial score (nSPS) is 10.2. The van der Waals surface area contributed by atoms with Gasteiger partial charge in [0.05, 0.1) is 11.8 Å². The molecule has 0 aliphatic heterocycles. The molecule has 0 radical (unpaired) electrons. The van der Waals surface area contributed by atoms with Crippen LogP contribution in [0.5, 0.6) is 0 Å². The molecule has 0 saturated carbocycles. The maximum Gasteiger partial charge on any atom is 0.263 e. The van der Waals surface area contributed by atoms with E-state index in [1.54, 1.807) is 11.0 Å². The van der Waals surface area contributed by atoms with E-state index in [-0.39, 0.29) is 11.1 Å². The van der Waals surface area contributed by atoms with Gasteiger partial charge in [-0.3, -0.25) is 4.79 Å². The number of benzene rings is 1. The summed E-state index contributed by atoms with van der Waals surface area (Å²) in [5.74, 6) is -0.155. The predicted octanol–water partition coefficient (Wildman–Crippen LogP) is 3.60. The number of furan rings is 1. The zero-order chi connectivity index (χ0) is 12.3. The first-order chi connectivity index (χ1) is 8.24. The van der Waals surface area contributed by atoms with Gasteiger partial charge in [0.15, 0.2) is 0 Å². The third-order valence-corrected chi connectivity index (χ3v) is 2.77. The van der Waals surface area contributed by atoms with Gasteiger partial charge in [-0.1, -0.05) is 18.2 Å². The molecule has 0 aliphatic rings. The van der Waals surface area contributed by atoms with E-state index in [4.69, 9.17) is 16.0 Å². The predicted molar refractivity (Wildman–Crippen MR) is 67.5 cm³/mol. The molecule has 4 heteroatoms. The summed E-state index contributed by atoms with van der Waals surface area (Å²) in [6, 6.07) is 11.0. The van der Waals surface area contributed by atoms with Gasteiger partial charge in [-0.05, 0) is 36.7 Å². The van der Waals surface area contributed by atoms with Crippen LogP contribution in [0.1, 0.15) is 17.3 Å². The second-order valence-corrected chi connectivity index (χ2v) is 3.84. The van der Waals surface area contributed by atoms with Crippen LogP contribution in [-0.4, -0.2) is 12.5 Å². The Morgan fingerprint density at radius 1 is 1.29 bits per heavy atom. The van der Waals surface area contributed by atoms with Gasteiger partial charge in [0, 0.05) is 12.2 Å². The summed E-state index contributed by atoms with van der Waals surface area (Å²) in [5.41, 5.74) is 1.23. The highest BCUT2D eigenvalue weighted by atomic mass is 35.5. The lowest BCUT2D eigenvalue weighted by Crippen LogP contribution is -2.30. The van der Waals surface area contributed by atoms with Crippen LogP contribution in [0.25, 0.3) is 0 Å². The lowest BCUT2D eigenvalue weighted by molar-refractivity contribution is 0.0988. The average Bonchev–Trinajstić information content (AvgIpc) is 2.77. The number of rotatable bonds is 3. The van der Waals surface area contributed by atoms with Crippen LogP contribution in [0, 0.1) is 0 Å². The Labute approximate surface area is 105 Å². The van der Waals surface area contributed by atoms with Crippen molar-refractivity contribution in [2.24, 2.45) is 0 Å². The summed E-state index contributed by atoms with van der Waals surface area (Å²) in [5, 5.41) is 0.129. The van der Waals surface area contributed by atoms with Crippen molar-refractivity contribution in [2.45, 2.75) is 6.92 Å². The second kappa shape index (κ2) is 5.06. The molecule has 0 saturated heterocycles. The van der Waals surface area contributed by atoms with Gasteiger partial charge in [-0.2, -0.15) is 0 Å². The van der Waals surface area contributed by atoms with Crippen LogP contribution in [0.15, 0.2) is 47.1 Å². The minimum Gasteiger partial charge on any atom is -0.452 e. The Kier molecular flexibility index (Phi) is 3.49. The molecule has 0 atom stereocenters. The molecule has 2 aromatic rings. The highest BCUT2D eigenvalue weighted by Crippen LogP contribution is 2.22. The first-order valence-corrected chi connectivity index (χ1v) is 5.71. The van der Waals surface area contributed by atoms with Crippen molar-refractivity contribution in [2.75, 3.05) is 11.4 Å². The van der Waals surface area contributed by atoms with Crippen molar-refractivity contribution in [3.8, 4) is 0 Å². The fraction of sp³-hybridized carbons (Fsp3) is 0.154. The van der Waals surface area contributed by atoms with Crippen LogP contribution in [0.2, 0.25) is 5.22 Å². The summed E-state index contributed by atoms with van der Waals surface area (Å²) in [4.78, 5) is 13.9. The van der Waals surface area contributed by atoms with Crippen molar-refractivity contribution < 1.29 is 9.21 Å².